The first-order valence-corrected chi connectivity index (χ1v) is 11.3. The van der Waals surface area contributed by atoms with E-state index in [1.807, 2.05) is 17.0 Å². The zero-order valence-corrected chi connectivity index (χ0v) is 17.8. The van der Waals surface area contributed by atoms with E-state index in [4.69, 9.17) is 0 Å². The zero-order chi connectivity index (χ0) is 21.0. The highest BCUT2D eigenvalue weighted by molar-refractivity contribution is 5.94. The summed E-state index contributed by atoms with van der Waals surface area (Å²) in [5, 5.41) is 0. The molecule has 3 aromatic rings. The van der Waals surface area contributed by atoms with Crippen molar-refractivity contribution in [3.05, 3.63) is 102 Å². The maximum Gasteiger partial charge on any atom is 0.255 e. The highest BCUT2D eigenvalue weighted by atomic mass is 16.2. The molecule has 5 rings (SSSR count). The molecule has 31 heavy (non-hydrogen) atoms. The molecule has 2 saturated heterocycles. The number of carbonyl (C=O) groups excluding carboxylic acids is 1. The highest BCUT2D eigenvalue weighted by Crippen LogP contribution is 2.36. The van der Waals surface area contributed by atoms with Crippen molar-refractivity contribution >= 4 is 5.91 Å². The lowest BCUT2D eigenvalue weighted by Gasteiger charge is -2.38. The van der Waals surface area contributed by atoms with Crippen LogP contribution >= 0.6 is 0 Å². The summed E-state index contributed by atoms with van der Waals surface area (Å²) in [6.07, 6.45) is 5.75. The summed E-state index contributed by atoms with van der Waals surface area (Å²) < 4.78 is 0. The minimum Gasteiger partial charge on any atom is -0.336 e. The second kappa shape index (κ2) is 9.03. The Morgan fingerprint density at radius 1 is 0.806 bits per heavy atom. The van der Waals surface area contributed by atoms with Crippen LogP contribution in [0.25, 0.3) is 0 Å². The van der Waals surface area contributed by atoms with Gasteiger partial charge in [0.05, 0.1) is 5.56 Å². The topological polar surface area (TPSA) is 36.4 Å². The monoisotopic (exact) mass is 411 g/mol. The molecule has 2 atom stereocenters. The summed E-state index contributed by atoms with van der Waals surface area (Å²) in [6, 6.07) is 25.7. The number of carbonyl (C=O) groups is 1. The Kier molecular flexibility index (Phi) is 5.81. The van der Waals surface area contributed by atoms with Gasteiger partial charge in [-0.2, -0.15) is 0 Å². The minimum atomic E-state index is 0.0932. The number of hydrogen-bond acceptors (Lipinski definition) is 3. The standard InChI is InChI=1S/C27H29N3O/c31-27(24-12-7-15-28-18-24)30-19-25(23-10-5-2-6-11-23)26(20-30)29-16-13-22(14-17-29)21-8-3-1-4-9-21/h1-12,15,18,22,25-26H,13-14,16-17,19-20H2/t25-,26+/m1/s1. The molecule has 0 saturated carbocycles. The summed E-state index contributed by atoms with van der Waals surface area (Å²) in [7, 11) is 0. The van der Waals surface area contributed by atoms with E-state index in [9.17, 15) is 4.79 Å². The van der Waals surface area contributed by atoms with Crippen LogP contribution in [0.1, 0.15) is 46.2 Å². The molecule has 1 aromatic heterocycles. The number of amides is 1. The maximum atomic E-state index is 13.2. The molecule has 0 spiro atoms. The first kappa shape index (κ1) is 20.0. The molecule has 2 aliphatic rings. The quantitative estimate of drug-likeness (QED) is 0.631. The van der Waals surface area contributed by atoms with E-state index in [-0.39, 0.29) is 5.91 Å². The third kappa shape index (κ3) is 4.26. The molecule has 0 unspecified atom stereocenters. The summed E-state index contributed by atoms with van der Waals surface area (Å²) in [5.41, 5.74) is 3.47. The van der Waals surface area contributed by atoms with Gasteiger partial charge in [-0.3, -0.25) is 14.7 Å². The second-order valence-corrected chi connectivity index (χ2v) is 8.76. The van der Waals surface area contributed by atoms with Gasteiger partial charge in [0.2, 0.25) is 0 Å². The Balaban J connectivity index is 1.34. The van der Waals surface area contributed by atoms with E-state index < -0.39 is 0 Å². The lowest BCUT2D eigenvalue weighted by Crippen LogP contribution is -2.45. The van der Waals surface area contributed by atoms with Crippen LogP contribution in [0.2, 0.25) is 0 Å². The SMILES string of the molecule is O=C(c1cccnc1)N1C[C@H](c2ccccc2)[C@@H](N2CCC(c3ccccc3)CC2)C1. The van der Waals surface area contributed by atoms with Crippen LogP contribution in [0.3, 0.4) is 0 Å². The molecule has 0 bridgehead atoms. The van der Waals surface area contributed by atoms with E-state index in [0.29, 0.717) is 23.4 Å². The number of aromatic nitrogens is 1. The Labute approximate surface area is 184 Å². The van der Waals surface area contributed by atoms with Gasteiger partial charge < -0.3 is 4.90 Å². The molecule has 0 N–H and O–H groups in total. The molecular weight excluding hydrogens is 382 g/mol. The van der Waals surface area contributed by atoms with E-state index in [2.05, 4.69) is 70.5 Å². The third-order valence-electron chi connectivity index (χ3n) is 6.98. The van der Waals surface area contributed by atoms with Gasteiger partial charge in [-0.15, -0.1) is 0 Å². The Morgan fingerprint density at radius 2 is 1.48 bits per heavy atom. The molecule has 0 radical (unpaired) electrons. The van der Waals surface area contributed by atoms with Gasteiger partial charge >= 0.3 is 0 Å². The lowest BCUT2D eigenvalue weighted by atomic mass is 9.87. The van der Waals surface area contributed by atoms with Gasteiger partial charge in [0.15, 0.2) is 0 Å². The molecule has 2 fully saturated rings. The fraction of sp³-hybridized carbons (Fsp3) is 0.333. The van der Waals surface area contributed by atoms with Gasteiger partial charge in [0.25, 0.3) is 5.91 Å². The summed E-state index contributed by atoms with van der Waals surface area (Å²) >= 11 is 0. The van der Waals surface area contributed by atoms with Crippen LogP contribution in [-0.4, -0.2) is 52.9 Å². The average Bonchev–Trinajstić information content (AvgIpc) is 3.31. The van der Waals surface area contributed by atoms with Crippen LogP contribution in [0.4, 0.5) is 0 Å². The summed E-state index contributed by atoms with van der Waals surface area (Å²) in [4.78, 5) is 22.0. The first-order valence-electron chi connectivity index (χ1n) is 11.3. The number of piperidine rings is 1. The number of pyridine rings is 1. The average molecular weight is 412 g/mol. The second-order valence-electron chi connectivity index (χ2n) is 8.76. The normalized spacial score (nSPS) is 22.5. The van der Waals surface area contributed by atoms with Crippen molar-refractivity contribution in [3.8, 4) is 0 Å². The number of rotatable bonds is 4. The molecule has 2 aliphatic heterocycles. The maximum absolute atomic E-state index is 13.2. The van der Waals surface area contributed by atoms with Crippen molar-refractivity contribution in [2.45, 2.75) is 30.7 Å². The number of likely N-dealkylation sites (tertiary alicyclic amines) is 2. The van der Waals surface area contributed by atoms with Crippen molar-refractivity contribution in [2.24, 2.45) is 0 Å². The lowest BCUT2D eigenvalue weighted by molar-refractivity contribution is 0.0769. The Morgan fingerprint density at radius 3 is 2.13 bits per heavy atom. The molecular formula is C27H29N3O. The first-order chi connectivity index (χ1) is 15.3. The largest absolute Gasteiger partial charge is 0.336 e. The molecule has 4 heteroatoms. The van der Waals surface area contributed by atoms with E-state index >= 15 is 0 Å². The fourth-order valence-electron chi connectivity index (χ4n) is 5.31. The molecule has 1 amide bonds. The smallest absolute Gasteiger partial charge is 0.255 e. The molecule has 4 nitrogen and oxygen atoms in total. The predicted octanol–water partition coefficient (Wildman–Crippen LogP) is 4.57. The number of nitrogens with zero attached hydrogens (tertiary/aromatic N) is 3. The van der Waals surface area contributed by atoms with Crippen molar-refractivity contribution in [2.75, 3.05) is 26.2 Å². The van der Waals surface area contributed by atoms with Crippen LogP contribution in [0.5, 0.6) is 0 Å². The molecule has 2 aromatic carbocycles. The molecule has 0 aliphatic carbocycles. The number of hydrogen-bond donors (Lipinski definition) is 0. The van der Waals surface area contributed by atoms with Crippen LogP contribution in [0.15, 0.2) is 85.2 Å². The van der Waals surface area contributed by atoms with Crippen LogP contribution < -0.4 is 0 Å². The third-order valence-corrected chi connectivity index (χ3v) is 6.98. The van der Waals surface area contributed by atoms with Gasteiger partial charge in [-0.25, -0.2) is 0 Å². The van der Waals surface area contributed by atoms with E-state index in [1.165, 1.54) is 24.0 Å². The minimum absolute atomic E-state index is 0.0932. The van der Waals surface area contributed by atoms with Crippen molar-refractivity contribution in [1.82, 2.24) is 14.8 Å². The predicted molar refractivity (Wildman–Crippen MR) is 123 cm³/mol. The molecule has 3 heterocycles. The number of benzene rings is 2. The van der Waals surface area contributed by atoms with Gasteiger partial charge in [0, 0.05) is 37.4 Å². The highest BCUT2D eigenvalue weighted by Gasteiger charge is 2.40. The van der Waals surface area contributed by atoms with E-state index in [1.54, 1.807) is 12.4 Å². The van der Waals surface area contributed by atoms with Gasteiger partial charge in [0.1, 0.15) is 0 Å². The Hall–Kier alpha value is -2.98. The summed E-state index contributed by atoms with van der Waals surface area (Å²) in [6.45, 7) is 3.72. The van der Waals surface area contributed by atoms with Gasteiger partial charge in [-0.05, 0) is 55.1 Å². The van der Waals surface area contributed by atoms with Crippen molar-refractivity contribution in [1.29, 1.82) is 0 Å². The summed E-state index contributed by atoms with van der Waals surface area (Å²) in [5.74, 6) is 1.08. The van der Waals surface area contributed by atoms with Crippen molar-refractivity contribution < 1.29 is 4.79 Å². The fourth-order valence-corrected chi connectivity index (χ4v) is 5.31. The molecule has 158 valence electrons. The van der Waals surface area contributed by atoms with Gasteiger partial charge in [-0.1, -0.05) is 60.7 Å². The van der Waals surface area contributed by atoms with Crippen LogP contribution in [-0.2, 0) is 0 Å². The van der Waals surface area contributed by atoms with E-state index in [0.717, 1.165) is 26.2 Å². The van der Waals surface area contributed by atoms with Crippen molar-refractivity contribution in [3.63, 3.8) is 0 Å². The van der Waals surface area contributed by atoms with Crippen LogP contribution in [0, 0.1) is 0 Å². The Bertz CT molecular complexity index is 985. The zero-order valence-electron chi connectivity index (χ0n) is 17.8.